The van der Waals surface area contributed by atoms with Gasteiger partial charge >= 0.3 is 0 Å². The summed E-state index contributed by atoms with van der Waals surface area (Å²) in [7, 11) is 0. The van der Waals surface area contributed by atoms with Crippen molar-refractivity contribution in [1.29, 1.82) is 0 Å². The van der Waals surface area contributed by atoms with Crippen LogP contribution in [0.15, 0.2) is 54.6 Å². The monoisotopic (exact) mass is 297 g/mol. The molecule has 0 amide bonds. The Labute approximate surface area is 131 Å². The Balaban J connectivity index is 1.89. The van der Waals surface area contributed by atoms with Crippen LogP contribution in [0.3, 0.4) is 0 Å². The predicted octanol–water partition coefficient (Wildman–Crippen LogP) is 4.49. The summed E-state index contributed by atoms with van der Waals surface area (Å²) in [5, 5.41) is 0.784. The van der Waals surface area contributed by atoms with Crippen LogP contribution in [0.25, 0.3) is 5.57 Å². The van der Waals surface area contributed by atoms with Crippen molar-refractivity contribution >= 4 is 17.2 Å². The van der Waals surface area contributed by atoms with E-state index in [-0.39, 0.29) is 0 Å². The van der Waals surface area contributed by atoms with Gasteiger partial charge in [-0.3, -0.25) is 0 Å². The maximum Gasteiger partial charge on any atom is 0.0406 e. The van der Waals surface area contributed by atoms with Gasteiger partial charge in [-0.2, -0.15) is 0 Å². The van der Waals surface area contributed by atoms with E-state index in [0.717, 1.165) is 24.3 Å². The largest absolute Gasteiger partial charge is 0.330 e. The van der Waals surface area contributed by atoms with Crippen LogP contribution < -0.4 is 5.73 Å². The predicted molar refractivity (Wildman–Crippen MR) is 90.4 cm³/mol. The normalized spacial score (nSPS) is 15.2. The van der Waals surface area contributed by atoms with Crippen LogP contribution in [0, 0.1) is 5.92 Å². The van der Waals surface area contributed by atoms with Gasteiger partial charge in [-0.1, -0.05) is 54.1 Å². The van der Waals surface area contributed by atoms with E-state index >= 15 is 0 Å². The number of hydrogen-bond donors (Lipinski definition) is 1. The molecule has 0 heterocycles. The molecule has 1 aliphatic rings. The molecule has 0 atom stereocenters. The summed E-state index contributed by atoms with van der Waals surface area (Å²) in [6, 6.07) is 16.9. The van der Waals surface area contributed by atoms with Gasteiger partial charge in [0.25, 0.3) is 0 Å². The molecule has 21 heavy (non-hydrogen) atoms. The molecule has 0 spiro atoms. The van der Waals surface area contributed by atoms with Crippen molar-refractivity contribution in [2.45, 2.75) is 19.3 Å². The first-order valence-corrected chi connectivity index (χ1v) is 7.88. The molecule has 2 aromatic carbocycles. The quantitative estimate of drug-likeness (QED) is 0.884. The smallest absolute Gasteiger partial charge is 0.0406 e. The zero-order valence-corrected chi connectivity index (χ0v) is 12.8. The van der Waals surface area contributed by atoms with Crippen molar-refractivity contribution in [2.24, 2.45) is 11.7 Å². The van der Waals surface area contributed by atoms with Gasteiger partial charge in [-0.05, 0) is 66.1 Å². The van der Waals surface area contributed by atoms with E-state index in [1.807, 2.05) is 12.1 Å². The maximum atomic E-state index is 6.01. The topological polar surface area (TPSA) is 26.0 Å². The van der Waals surface area contributed by atoms with E-state index in [9.17, 15) is 0 Å². The van der Waals surface area contributed by atoms with Crippen LogP contribution in [-0.4, -0.2) is 6.54 Å². The second kappa shape index (κ2) is 6.46. The summed E-state index contributed by atoms with van der Waals surface area (Å²) >= 11 is 6.01. The zero-order chi connectivity index (χ0) is 14.7. The molecule has 2 N–H and O–H groups in total. The Morgan fingerprint density at radius 2 is 1.67 bits per heavy atom. The highest BCUT2D eigenvalue weighted by Crippen LogP contribution is 2.36. The molecule has 2 aromatic rings. The van der Waals surface area contributed by atoms with Gasteiger partial charge in [0.15, 0.2) is 0 Å². The highest BCUT2D eigenvalue weighted by molar-refractivity contribution is 6.30. The third-order valence-electron chi connectivity index (χ3n) is 4.20. The molecule has 0 unspecified atom stereocenters. The third kappa shape index (κ3) is 3.20. The van der Waals surface area contributed by atoms with Crippen molar-refractivity contribution in [3.8, 4) is 0 Å². The molecule has 1 nitrogen and oxygen atoms in total. The first-order valence-electron chi connectivity index (χ1n) is 7.51. The lowest BCUT2D eigenvalue weighted by Crippen LogP contribution is -2.05. The van der Waals surface area contributed by atoms with Gasteiger partial charge in [0.05, 0.1) is 0 Å². The first-order chi connectivity index (χ1) is 10.3. The number of hydrogen-bond acceptors (Lipinski definition) is 1. The molecule has 0 radical (unpaired) electrons. The standard InChI is InChI=1S/C19H20ClN/c20-18-9-7-14(8-10-18)19(6-3-11-21)17-12-15-4-1-2-5-16(15)13-17/h1-2,4-10,17H,3,11-13,21H2/b19-6-. The highest BCUT2D eigenvalue weighted by Gasteiger charge is 2.24. The van der Waals surface area contributed by atoms with Crippen molar-refractivity contribution in [2.75, 3.05) is 6.54 Å². The van der Waals surface area contributed by atoms with E-state index < -0.39 is 0 Å². The second-order valence-corrected chi connectivity index (χ2v) is 6.05. The summed E-state index contributed by atoms with van der Waals surface area (Å²) in [6.45, 7) is 0.691. The highest BCUT2D eigenvalue weighted by atomic mass is 35.5. The molecule has 0 saturated heterocycles. The lowest BCUT2D eigenvalue weighted by atomic mass is 9.89. The summed E-state index contributed by atoms with van der Waals surface area (Å²) in [4.78, 5) is 0. The van der Waals surface area contributed by atoms with Crippen molar-refractivity contribution < 1.29 is 0 Å². The molecule has 0 bridgehead atoms. The molecule has 108 valence electrons. The minimum absolute atomic E-state index is 0.551. The molecule has 0 saturated carbocycles. The van der Waals surface area contributed by atoms with E-state index in [0.29, 0.717) is 12.5 Å². The SMILES string of the molecule is NCC/C=C(/c1ccc(Cl)cc1)C1Cc2ccccc2C1. The van der Waals surface area contributed by atoms with Crippen LogP contribution >= 0.6 is 11.6 Å². The Morgan fingerprint density at radius 3 is 2.24 bits per heavy atom. The Bertz CT molecular complexity index is 618. The van der Waals surface area contributed by atoms with Crippen LogP contribution in [-0.2, 0) is 12.8 Å². The van der Waals surface area contributed by atoms with Gasteiger partial charge in [0.1, 0.15) is 0 Å². The molecule has 1 aliphatic carbocycles. The Morgan fingerprint density at radius 1 is 1.05 bits per heavy atom. The van der Waals surface area contributed by atoms with Crippen LogP contribution in [0.5, 0.6) is 0 Å². The Hall–Kier alpha value is -1.57. The minimum Gasteiger partial charge on any atom is -0.330 e. The molecule has 2 heteroatoms. The molecular formula is C19H20ClN. The molecular weight excluding hydrogens is 278 g/mol. The lowest BCUT2D eigenvalue weighted by molar-refractivity contribution is 0.721. The fourth-order valence-electron chi connectivity index (χ4n) is 3.18. The minimum atomic E-state index is 0.551. The van der Waals surface area contributed by atoms with Crippen molar-refractivity contribution in [1.82, 2.24) is 0 Å². The van der Waals surface area contributed by atoms with E-state index in [4.69, 9.17) is 17.3 Å². The van der Waals surface area contributed by atoms with E-state index in [1.54, 1.807) is 0 Å². The number of rotatable bonds is 4. The van der Waals surface area contributed by atoms with Gasteiger partial charge in [0.2, 0.25) is 0 Å². The maximum absolute atomic E-state index is 6.01. The van der Waals surface area contributed by atoms with Crippen molar-refractivity contribution in [3.63, 3.8) is 0 Å². The fourth-order valence-corrected chi connectivity index (χ4v) is 3.31. The first kappa shape index (κ1) is 14.4. The lowest BCUT2D eigenvalue weighted by Gasteiger charge is -2.16. The zero-order valence-electron chi connectivity index (χ0n) is 12.1. The third-order valence-corrected chi connectivity index (χ3v) is 4.45. The summed E-state index contributed by atoms with van der Waals surface area (Å²) in [5.41, 5.74) is 11.3. The summed E-state index contributed by atoms with van der Waals surface area (Å²) < 4.78 is 0. The van der Waals surface area contributed by atoms with Gasteiger partial charge in [-0.25, -0.2) is 0 Å². The van der Waals surface area contributed by atoms with Crippen LogP contribution in [0.4, 0.5) is 0 Å². The number of allylic oxidation sites excluding steroid dienone is 1. The average molecular weight is 298 g/mol. The number of fused-ring (bicyclic) bond motifs is 1. The summed E-state index contributed by atoms with van der Waals surface area (Å²) in [5.74, 6) is 0.551. The second-order valence-electron chi connectivity index (χ2n) is 5.62. The van der Waals surface area contributed by atoms with E-state index in [1.165, 1.54) is 22.3 Å². The number of nitrogens with two attached hydrogens (primary N) is 1. The number of benzene rings is 2. The van der Waals surface area contributed by atoms with Crippen LogP contribution in [0.1, 0.15) is 23.1 Å². The van der Waals surface area contributed by atoms with Gasteiger partial charge in [-0.15, -0.1) is 0 Å². The van der Waals surface area contributed by atoms with Crippen molar-refractivity contribution in [3.05, 3.63) is 76.3 Å². The molecule has 0 fully saturated rings. The molecule has 3 rings (SSSR count). The molecule has 0 aromatic heterocycles. The van der Waals surface area contributed by atoms with Crippen LogP contribution in [0.2, 0.25) is 5.02 Å². The molecule has 0 aliphatic heterocycles. The summed E-state index contributed by atoms with van der Waals surface area (Å²) in [6.07, 6.45) is 5.47. The average Bonchev–Trinajstić information content (AvgIpc) is 2.93. The van der Waals surface area contributed by atoms with Gasteiger partial charge in [0, 0.05) is 5.02 Å². The Kier molecular flexibility index (Phi) is 4.42. The van der Waals surface area contributed by atoms with E-state index in [2.05, 4.69) is 42.5 Å². The number of halogens is 1. The van der Waals surface area contributed by atoms with Gasteiger partial charge < -0.3 is 5.73 Å². The fraction of sp³-hybridized carbons (Fsp3) is 0.263.